The van der Waals surface area contributed by atoms with Crippen LogP contribution in [0.2, 0.25) is 0 Å². The van der Waals surface area contributed by atoms with E-state index in [2.05, 4.69) is 10.6 Å². The van der Waals surface area contributed by atoms with Crippen molar-refractivity contribution in [2.24, 2.45) is 0 Å². The minimum atomic E-state index is -0.446. The summed E-state index contributed by atoms with van der Waals surface area (Å²) in [6.45, 7) is 3.54. The van der Waals surface area contributed by atoms with Gasteiger partial charge in [-0.25, -0.2) is 0 Å². The first kappa shape index (κ1) is 17.3. The molecule has 2 aromatic rings. The molecule has 7 nitrogen and oxygen atoms in total. The van der Waals surface area contributed by atoms with E-state index in [9.17, 15) is 14.9 Å². The number of nitrogens with zero attached hydrogens (tertiary/aromatic N) is 1. The number of ether oxygens (including phenoxy) is 1. The van der Waals surface area contributed by atoms with E-state index in [0.717, 1.165) is 5.56 Å². The Labute approximate surface area is 139 Å². The second-order valence-electron chi connectivity index (χ2n) is 5.31. The summed E-state index contributed by atoms with van der Waals surface area (Å²) in [5, 5.41) is 16.6. The number of hydrogen-bond acceptors (Lipinski definition) is 5. The summed E-state index contributed by atoms with van der Waals surface area (Å²) in [4.78, 5) is 22.6. The van der Waals surface area contributed by atoms with E-state index < -0.39 is 4.92 Å². The largest absolute Gasteiger partial charge is 0.495 e. The predicted molar refractivity (Wildman–Crippen MR) is 92.7 cm³/mol. The maximum absolute atomic E-state index is 12.1. The molecule has 0 atom stereocenters. The first-order valence-corrected chi connectivity index (χ1v) is 7.34. The molecule has 7 heteroatoms. The maximum Gasteiger partial charge on any atom is 0.274 e. The number of benzene rings is 2. The molecule has 0 saturated heterocycles. The van der Waals surface area contributed by atoms with E-state index in [4.69, 9.17) is 4.74 Å². The second kappa shape index (κ2) is 7.45. The average Bonchev–Trinajstić information content (AvgIpc) is 2.54. The summed E-state index contributed by atoms with van der Waals surface area (Å²) in [7, 11) is 1.53. The zero-order chi connectivity index (χ0) is 17.7. The van der Waals surface area contributed by atoms with Crippen molar-refractivity contribution in [3.63, 3.8) is 0 Å². The third-order valence-electron chi connectivity index (χ3n) is 3.57. The number of aryl methyl sites for hydroxylation is 1. The topological polar surface area (TPSA) is 93.5 Å². The summed E-state index contributed by atoms with van der Waals surface area (Å²) < 4.78 is 5.22. The third kappa shape index (κ3) is 4.01. The molecule has 1 amide bonds. The monoisotopic (exact) mass is 329 g/mol. The van der Waals surface area contributed by atoms with Gasteiger partial charge in [0.25, 0.3) is 5.69 Å². The fourth-order valence-electron chi connectivity index (χ4n) is 2.30. The standard InChI is InChI=1S/C17H19N3O4/c1-11-7-8-16(24-3)14(9-11)19-17(21)10-18-13-5-4-6-15(12(13)2)20(22)23/h4-9,18H,10H2,1-3H3,(H,19,21). The molecule has 0 spiro atoms. The molecule has 24 heavy (non-hydrogen) atoms. The van der Waals surface area contributed by atoms with E-state index in [1.807, 2.05) is 19.1 Å². The van der Waals surface area contributed by atoms with Gasteiger partial charge in [0, 0.05) is 17.3 Å². The Bertz CT molecular complexity index is 774. The molecular weight excluding hydrogens is 310 g/mol. The lowest BCUT2D eigenvalue weighted by Crippen LogP contribution is -2.22. The Morgan fingerprint density at radius 3 is 2.62 bits per heavy atom. The van der Waals surface area contributed by atoms with Gasteiger partial charge in [-0.1, -0.05) is 12.1 Å². The maximum atomic E-state index is 12.1. The van der Waals surface area contributed by atoms with Crippen molar-refractivity contribution in [1.29, 1.82) is 0 Å². The number of hydrogen-bond donors (Lipinski definition) is 2. The zero-order valence-electron chi connectivity index (χ0n) is 13.8. The molecule has 0 aliphatic carbocycles. The Morgan fingerprint density at radius 1 is 1.21 bits per heavy atom. The molecule has 2 rings (SSSR count). The first-order valence-electron chi connectivity index (χ1n) is 7.34. The van der Waals surface area contributed by atoms with E-state index in [0.29, 0.717) is 22.7 Å². The SMILES string of the molecule is COc1ccc(C)cc1NC(=O)CNc1cccc([N+](=O)[O-])c1C. The van der Waals surface area contributed by atoms with Gasteiger partial charge < -0.3 is 15.4 Å². The molecule has 2 N–H and O–H groups in total. The number of anilines is 2. The number of nitrogens with one attached hydrogen (secondary N) is 2. The van der Waals surface area contributed by atoms with E-state index in [1.54, 1.807) is 25.1 Å². The third-order valence-corrected chi connectivity index (χ3v) is 3.57. The van der Waals surface area contributed by atoms with E-state index >= 15 is 0 Å². The number of amides is 1. The number of rotatable bonds is 6. The van der Waals surface area contributed by atoms with Gasteiger partial charge >= 0.3 is 0 Å². The average molecular weight is 329 g/mol. The summed E-state index contributed by atoms with van der Waals surface area (Å²) in [6, 6.07) is 10.2. The van der Waals surface area contributed by atoms with Gasteiger partial charge in [0.2, 0.25) is 5.91 Å². The van der Waals surface area contributed by atoms with Gasteiger partial charge in [0.1, 0.15) is 5.75 Å². The Morgan fingerprint density at radius 2 is 1.96 bits per heavy atom. The molecule has 0 aromatic heterocycles. The summed E-state index contributed by atoms with van der Waals surface area (Å²) >= 11 is 0. The Hall–Kier alpha value is -3.09. The van der Waals surface area contributed by atoms with Gasteiger partial charge in [0.05, 0.1) is 24.3 Å². The van der Waals surface area contributed by atoms with Crippen molar-refractivity contribution in [2.75, 3.05) is 24.3 Å². The lowest BCUT2D eigenvalue weighted by Gasteiger charge is -2.13. The fourth-order valence-corrected chi connectivity index (χ4v) is 2.30. The van der Waals surface area contributed by atoms with Crippen molar-refractivity contribution < 1.29 is 14.5 Å². The van der Waals surface area contributed by atoms with Crippen molar-refractivity contribution in [3.8, 4) is 5.75 Å². The van der Waals surface area contributed by atoms with Gasteiger partial charge in [0.15, 0.2) is 0 Å². The summed E-state index contributed by atoms with van der Waals surface area (Å²) in [6.07, 6.45) is 0. The first-order chi connectivity index (χ1) is 11.4. The highest BCUT2D eigenvalue weighted by molar-refractivity contribution is 5.95. The number of nitro benzene ring substituents is 1. The van der Waals surface area contributed by atoms with Crippen LogP contribution in [0.4, 0.5) is 17.1 Å². The Kier molecular flexibility index (Phi) is 5.36. The van der Waals surface area contributed by atoms with Crippen LogP contribution in [-0.2, 0) is 4.79 Å². The van der Waals surface area contributed by atoms with Gasteiger partial charge in [-0.05, 0) is 37.6 Å². The molecule has 0 aliphatic rings. The number of carbonyl (C=O) groups is 1. The molecule has 0 bridgehead atoms. The molecule has 0 heterocycles. The van der Waals surface area contributed by atoms with Crippen LogP contribution in [0.3, 0.4) is 0 Å². The minimum absolute atomic E-state index is 0.0146. The van der Waals surface area contributed by atoms with Gasteiger partial charge in [-0.15, -0.1) is 0 Å². The van der Waals surface area contributed by atoms with Crippen LogP contribution in [0.1, 0.15) is 11.1 Å². The van der Waals surface area contributed by atoms with Crippen molar-refractivity contribution in [3.05, 3.63) is 57.6 Å². The van der Waals surface area contributed by atoms with Gasteiger partial charge in [-0.3, -0.25) is 14.9 Å². The normalized spacial score (nSPS) is 10.1. The lowest BCUT2D eigenvalue weighted by molar-refractivity contribution is -0.385. The van der Waals surface area contributed by atoms with E-state index in [-0.39, 0.29) is 18.1 Å². The molecule has 0 aliphatic heterocycles. The molecule has 0 saturated carbocycles. The second-order valence-corrected chi connectivity index (χ2v) is 5.31. The molecule has 126 valence electrons. The Balaban J connectivity index is 2.06. The van der Waals surface area contributed by atoms with Crippen LogP contribution in [0.15, 0.2) is 36.4 Å². The highest BCUT2D eigenvalue weighted by Gasteiger charge is 2.14. The lowest BCUT2D eigenvalue weighted by atomic mass is 10.1. The van der Waals surface area contributed by atoms with Crippen molar-refractivity contribution >= 4 is 23.0 Å². The predicted octanol–water partition coefficient (Wildman–Crippen LogP) is 3.27. The van der Waals surface area contributed by atoms with Crippen LogP contribution >= 0.6 is 0 Å². The quantitative estimate of drug-likeness (QED) is 0.626. The van der Waals surface area contributed by atoms with Crippen molar-refractivity contribution in [2.45, 2.75) is 13.8 Å². The number of methoxy groups -OCH3 is 1. The van der Waals surface area contributed by atoms with Crippen LogP contribution in [0.25, 0.3) is 0 Å². The minimum Gasteiger partial charge on any atom is -0.495 e. The van der Waals surface area contributed by atoms with Crippen LogP contribution < -0.4 is 15.4 Å². The van der Waals surface area contributed by atoms with Crippen molar-refractivity contribution in [1.82, 2.24) is 0 Å². The fraction of sp³-hybridized carbons (Fsp3) is 0.235. The van der Waals surface area contributed by atoms with Gasteiger partial charge in [-0.2, -0.15) is 0 Å². The molecular formula is C17H19N3O4. The van der Waals surface area contributed by atoms with Crippen LogP contribution in [-0.4, -0.2) is 24.5 Å². The molecule has 0 fully saturated rings. The number of nitro groups is 1. The highest BCUT2D eigenvalue weighted by Crippen LogP contribution is 2.26. The molecule has 0 unspecified atom stereocenters. The van der Waals surface area contributed by atoms with E-state index in [1.165, 1.54) is 13.2 Å². The smallest absolute Gasteiger partial charge is 0.274 e. The summed E-state index contributed by atoms with van der Waals surface area (Å²) in [5.41, 5.74) is 2.63. The zero-order valence-corrected chi connectivity index (χ0v) is 13.8. The number of carbonyl (C=O) groups excluding carboxylic acids is 1. The summed E-state index contributed by atoms with van der Waals surface area (Å²) in [5.74, 6) is 0.297. The highest BCUT2D eigenvalue weighted by atomic mass is 16.6. The van der Waals surface area contributed by atoms with Crippen LogP contribution in [0.5, 0.6) is 5.75 Å². The molecule has 2 aromatic carbocycles. The van der Waals surface area contributed by atoms with Crippen LogP contribution in [0, 0.1) is 24.0 Å². The molecule has 0 radical (unpaired) electrons.